The fourth-order valence-corrected chi connectivity index (χ4v) is 5.78. The number of hydrogen-bond donors (Lipinski definition) is 1. The van der Waals surface area contributed by atoms with E-state index in [1.54, 1.807) is 6.07 Å². The number of carbonyl (C=O) groups is 3. The number of imide groups is 1. The van der Waals surface area contributed by atoms with Gasteiger partial charge in [-0.2, -0.15) is 0 Å². The lowest BCUT2D eigenvalue weighted by molar-refractivity contribution is -0.136. The maximum absolute atomic E-state index is 14.6. The number of nitrogens with zero attached hydrogens (tertiary/aromatic N) is 2. The van der Waals surface area contributed by atoms with Crippen molar-refractivity contribution in [3.63, 3.8) is 0 Å². The van der Waals surface area contributed by atoms with Crippen molar-refractivity contribution in [1.29, 1.82) is 0 Å². The molecule has 1 unspecified atom stereocenters. The highest BCUT2D eigenvalue weighted by atomic mass is 19.1. The quantitative estimate of drug-likeness (QED) is 0.679. The molecule has 6 rings (SSSR count). The molecule has 2 aromatic carbocycles. The summed E-state index contributed by atoms with van der Waals surface area (Å²) < 4.78 is 25.7. The van der Waals surface area contributed by atoms with Gasteiger partial charge < -0.3 is 14.4 Å². The van der Waals surface area contributed by atoms with Crippen molar-refractivity contribution in [2.24, 2.45) is 0 Å². The first kappa shape index (κ1) is 22.0. The number of nitrogens with one attached hydrogen (secondary N) is 1. The second kappa shape index (κ2) is 8.64. The van der Waals surface area contributed by atoms with Gasteiger partial charge in [0.15, 0.2) is 11.5 Å². The minimum atomic E-state index is -0.704. The number of carbonyl (C=O) groups excluding carboxylic acids is 3. The molecule has 0 aliphatic carbocycles. The molecule has 2 saturated heterocycles. The van der Waals surface area contributed by atoms with E-state index >= 15 is 0 Å². The van der Waals surface area contributed by atoms with E-state index in [1.807, 2.05) is 18.2 Å². The third-order valence-corrected chi connectivity index (χ3v) is 7.55. The molecule has 9 heteroatoms. The van der Waals surface area contributed by atoms with E-state index in [0.29, 0.717) is 12.0 Å². The van der Waals surface area contributed by atoms with Crippen LogP contribution in [0.1, 0.15) is 58.6 Å². The molecule has 0 radical (unpaired) electrons. The average Bonchev–Trinajstić information content (AvgIpc) is 3.45. The van der Waals surface area contributed by atoms with Crippen LogP contribution in [0.5, 0.6) is 11.5 Å². The number of ether oxygens (including phenoxy) is 2. The minimum absolute atomic E-state index is 0.131. The van der Waals surface area contributed by atoms with Crippen molar-refractivity contribution in [1.82, 2.24) is 15.1 Å². The first-order chi connectivity index (χ1) is 17.0. The van der Waals surface area contributed by atoms with Gasteiger partial charge in [-0.05, 0) is 67.6 Å². The van der Waals surface area contributed by atoms with Gasteiger partial charge in [0, 0.05) is 30.6 Å². The highest BCUT2D eigenvalue weighted by Crippen LogP contribution is 2.39. The van der Waals surface area contributed by atoms with E-state index in [0.717, 1.165) is 60.7 Å². The predicted octanol–water partition coefficient (Wildman–Crippen LogP) is 2.70. The molecule has 2 aromatic rings. The smallest absolute Gasteiger partial charge is 0.255 e. The van der Waals surface area contributed by atoms with Gasteiger partial charge >= 0.3 is 0 Å². The van der Waals surface area contributed by atoms with Crippen LogP contribution in [0, 0.1) is 5.82 Å². The number of halogens is 1. The highest BCUT2D eigenvalue weighted by molar-refractivity contribution is 6.05. The summed E-state index contributed by atoms with van der Waals surface area (Å²) in [5.74, 6) is 0.159. The lowest BCUT2D eigenvalue weighted by Gasteiger charge is -2.33. The molecule has 2 fully saturated rings. The Morgan fingerprint density at radius 1 is 1.06 bits per heavy atom. The standard InChI is InChI=1S/C26H26FN3O5/c27-17-10-18(20-13-30(26(33)19(20)11-17)21-4-5-23(31)28-25(21)32)15-6-8-29(9-7-15)12-16-2-1-3-22-24(16)35-14-34-22/h1-3,10-11,15,21H,4-9,12-14H2,(H,28,31,32). The Morgan fingerprint density at radius 3 is 2.69 bits per heavy atom. The predicted molar refractivity (Wildman–Crippen MR) is 122 cm³/mol. The molecule has 3 amide bonds. The molecule has 0 spiro atoms. The van der Waals surface area contributed by atoms with Crippen LogP contribution in [0.2, 0.25) is 0 Å². The molecular formula is C26H26FN3O5. The molecule has 0 saturated carbocycles. The Hall–Kier alpha value is -3.46. The Morgan fingerprint density at radius 2 is 1.89 bits per heavy atom. The molecule has 4 heterocycles. The number of rotatable bonds is 4. The Labute approximate surface area is 202 Å². The summed E-state index contributed by atoms with van der Waals surface area (Å²) in [6.45, 7) is 2.94. The molecule has 8 nitrogen and oxygen atoms in total. The maximum Gasteiger partial charge on any atom is 0.255 e. The third kappa shape index (κ3) is 3.93. The van der Waals surface area contributed by atoms with Crippen LogP contribution in [-0.2, 0) is 22.7 Å². The van der Waals surface area contributed by atoms with Crippen molar-refractivity contribution in [3.8, 4) is 11.5 Å². The van der Waals surface area contributed by atoms with E-state index in [1.165, 1.54) is 11.0 Å². The summed E-state index contributed by atoms with van der Waals surface area (Å²) in [7, 11) is 0. The van der Waals surface area contributed by atoms with Crippen LogP contribution in [0.4, 0.5) is 4.39 Å². The van der Waals surface area contributed by atoms with Crippen molar-refractivity contribution >= 4 is 17.7 Å². The first-order valence-electron chi connectivity index (χ1n) is 12.0. The van der Waals surface area contributed by atoms with Crippen molar-refractivity contribution in [3.05, 3.63) is 58.4 Å². The summed E-state index contributed by atoms with van der Waals surface area (Å²) in [6, 6.07) is 8.05. The maximum atomic E-state index is 14.6. The molecule has 0 aromatic heterocycles. The molecule has 4 aliphatic heterocycles. The van der Waals surface area contributed by atoms with Gasteiger partial charge in [-0.25, -0.2) is 4.39 Å². The number of para-hydroxylation sites is 1. The monoisotopic (exact) mass is 479 g/mol. The fraction of sp³-hybridized carbons (Fsp3) is 0.423. The molecule has 182 valence electrons. The van der Waals surface area contributed by atoms with Gasteiger partial charge in [0.25, 0.3) is 5.91 Å². The SMILES string of the molecule is O=C1CCC(N2Cc3c(cc(F)cc3C3CCN(Cc4cccc5c4OCO5)CC3)C2=O)C(=O)N1. The van der Waals surface area contributed by atoms with Gasteiger partial charge in [-0.3, -0.25) is 24.6 Å². The number of fused-ring (bicyclic) bond motifs is 2. The second-order valence-electron chi connectivity index (χ2n) is 9.62. The highest BCUT2D eigenvalue weighted by Gasteiger charge is 2.41. The average molecular weight is 480 g/mol. The van der Waals surface area contributed by atoms with Crippen LogP contribution >= 0.6 is 0 Å². The van der Waals surface area contributed by atoms with E-state index in [9.17, 15) is 18.8 Å². The van der Waals surface area contributed by atoms with Crippen LogP contribution in [0.3, 0.4) is 0 Å². The normalized spacial score (nSPS) is 22.5. The zero-order valence-electron chi connectivity index (χ0n) is 19.2. The topological polar surface area (TPSA) is 88.2 Å². The van der Waals surface area contributed by atoms with Gasteiger partial charge in [0.1, 0.15) is 11.9 Å². The summed E-state index contributed by atoms with van der Waals surface area (Å²) >= 11 is 0. The van der Waals surface area contributed by atoms with Gasteiger partial charge in [0.05, 0.1) is 0 Å². The number of likely N-dealkylation sites (tertiary alicyclic amines) is 1. The number of benzene rings is 2. The van der Waals surface area contributed by atoms with Crippen molar-refractivity contribution in [2.75, 3.05) is 19.9 Å². The van der Waals surface area contributed by atoms with E-state index in [2.05, 4.69) is 10.2 Å². The molecule has 1 atom stereocenters. The fourth-order valence-electron chi connectivity index (χ4n) is 5.78. The zero-order valence-corrected chi connectivity index (χ0v) is 19.2. The minimum Gasteiger partial charge on any atom is -0.454 e. The molecular weight excluding hydrogens is 453 g/mol. The van der Waals surface area contributed by atoms with Gasteiger partial charge in [-0.15, -0.1) is 0 Å². The molecule has 35 heavy (non-hydrogen) atoms. The Kier molecular flexibility index (Phi) is 5.44. The number of piperidine rings is 2. The number of amides is 3. The Balaban J connectivity index is 1.17. The third-order valence-electron chi connectivity index (χ3n) is 7.55. The molecule has 1 N–H and O–H groups in total. The Bertz CT molecular complexity index is 1220. The van der Waals surface area contributed by atoms with Crippen molar-refractivity contribution in [2.45, 2.75) is 50.7 Å². The number of hydrogen-bond acceptors (Lipinski definition) is 6. The zero-order chi connectivity index (χ0) is 24.1. The van der Waals surface area contributed by atoms with Crippen LogP contribution in [0.25, 0.3) is 0 Å². The van der Waals surface area contributed by atoms with E-state index < -0.39 is 17.8 Å². The summed E-state index contributed by atoms with van der Waals surface area (Å²) in [6.07, 6.45) is 2.17. The van der Waals surface area contributed by atoms with Crippen LogP contribution in [-0.4, -0.2) is 53.4 Å². The van der Waals surface area contributed by atoms with Crippen LogP contribution in [0.15, 0.2) is 30.3 Å². The van der Waals surface area contributed by atoms with Gasteiger partial charge in [-0.1, -0.05) is 12.1 Å². The summed E-state index contributed by atoms with van der Waals surface area (Å²) in [5.41, 5.74) is 3.10. The molecule has 4 aliphatic rings. The lowest BCUT2D eigenvalue weighted by atomic mass is 9.85. The van der Waals surface area contributed by atoms with E-state index in [4.69, 9.17) is 9.47 Å². The lowest BCUT2D eigenvalue weighted by Crippen LogP contribution is -2.52. The largest absolute Gasteiger partial charge is 0.454 e. The van der Waals surface area contributed by atoms with Crippen molar-refractivity contribution < 1.29 is 28.2 Å². The van der Waals surface area contributed by atoms with Gasteiger partial charge in [0.2, 0.25) is 18.6 Å². The first-order valence-corrected chi connectivity index (χ1v) is 12.0. The van der Waals surface area contributed by atoms with E-state index in [-0.39, 0.29) is 37.5 Å². The second-order valence-corrected chi connectivity index (χ2v) is 9.62. The van der Waals surface area contributed by atoms with Crippen LogP contribution < -0.4 is 14.8 Å². The summed E-state index contributed by atoms with van der Waals surface area (Å²) in [4.78, 5) is 40.9. The summed E-state index contributed by atoms with van der Waals surface area (Å²) in [5, 5.41) is 2.32. The molecule has 0 bridgehead atoms.